The van der Waals surface area contributed by atoms with Crippen LogP contribution in [0.4, 0.5) is 0 Å². The van der Waals surface area contributed by atoms with Crippen LogP contribution in [-0.2, 0) is 14.3 Å². The van der Waals surface area contributed by atoms with Gasteiger partial charge in [-0.15, -0.1) is 0 Å². The lowest BCUT2D eigenvalue weighted by Gasteiger charge is -2.21. The zero-order valence-electron chi connectivity index (χ0n) is 6.19. The molecule has 4 heteroatoms. The molecule has 1 aliphatic heterocycles. The third kappa shape index (κ3) is 1.86. The van der Waals surface area contributed by atoms with E-state index < -0.39 is 12.4 Å². The topological polar surface area (TPSA) is 55.8 Å². The number of hydrogen-bond donors (Lipinski definition) is 1. The fourth-order valence-electron chi connectivity index (χ4n) is 0.822. The van der Waals surface area contributed by atoms with Gasteiger partial charge in [0.05, 0.1) is 6.61 Å². The molecule has 11 heavy (non-hydrogen) atoms. The summed E-state index contributed by atoms with van der Waals surface area (Å²) in [4.78, 5) is 10.9. The minimum absolute atomic E-state index is 0.221. The fraction of sp³-hybridized carbons (Fsp3) is 0.571. The van der Waals surface area contributed by atoms with Crippen molar-refractivity contribution in [3.8, 4) is 0 Å². The predicted molar refractivity (Wildman–Crippen MR) is 36.9 cm³/mol. The smallest absolute Gasteiger partial charge is 0.186 e. The van der Waals surface area contributed by atoms with E-state index in [0.717, 1.165) is 0 Å². The lowest BCUT2D eigenvalue weighted by Crippen LogP contribution is -2.35. The summed E-state index contributed by atoms with van der Waals surface area (Å²) in [6.07, 6.45) is 1.60. The minimum atomic E-state index is -0.759. The van der Waals surface area contributed by atoms with Gasteiger partial charge in [-0.3, -0.25) is 4.79 Å². The van der Waals surface area contributed by atoms with Gasteiger partial charge >= 0.3 is 0 Å². The van der Waals surface area contributed by atoms with Crippen molar-refractivity contribution in [1.29, 1.82) is 0 Å². The molecule has 0 fully saturated rings. The van der Waals surface area contributed by atoms with Crippen LogP contribution >= 0.6 is 0 Å². The van der Waals surface area contributed by atoms with Crippen LogP contribution in [0.5, 0.6) is 0 Å². The third-order valence-corrected chi connectivity index (χ3v) is 1.43. The Bertz CT molecular complexity index is 175. The molecule has 4 nitrogen and oxygen atoms in total. The Balaban J connectivity index is 2.59. The largest absolute Gasteiger partial charge is 0.393 e. The number of ether oxygens (including phenoxy) is 2. The molecule has 0 amide bonds. The molecule has 1 aliphatic rings. The van der Waals surface area contributed by atoms with Gasteiger partial charge in [-0.2, -0.15) is 0 Å². The molecule has 0 aliphatic carbocycles. The Morgan fingerprint density at radius 2 is 2.55 bits per heavy atom. The molecule has 0 aromatic carbocycles. The van der Waals surface area contributed by atoms with Gasteiger partial charge in [0.2, 0.25) is 0 Å². The lowest BCUT2D eigenvalue weighted by molar-refractivity contribution is -0.160. The van der Waals surface area contributed by atoms with Crippen molar-refractivity contribution in [2.45, 2.75) is 12.4 Å². The van der Waals surface area contributed by atoms with Crippen LogP contribution in [0.3, 0.4) is 0 Å². The number of ketones is 1. The van der Waals surface area contributed by atoms with Gasteiger partial charge in [-0.05, 0) is 12.2 Å². The molecule has 1 rings (SSSR count). The van der Waals surface area contributed by atoms with Gasteiger partial charge in [0, 0.05) is 7.11 Å². The van der Waals surface area contributed by atoms with Crippen molar-refractivity contribution in [3.63, 3.8) is 0 Å². The summed E-state index contributed by atoms with van der Waals surface area (Å²) in [7, 11) is 1.47. The van der Waals surface area contributed by atoms with Crippen molar-refractivity contribution in [1.82, 2.24) is 0 Å². The maximum absolute atomic E-state index is 10.9. The van der Waals surface area contributed by atoms with E-state index in [0.29, 0.717) is 0 Å². The summed E-state index contributed by atoms with van der Waals surface area (Å²) in [5.41, 5.74) is 0. The van der Waals surface area contributed by atoms with Crippen LogP contribution in [0.15, 0.2) is 12.2 Å². The molecule has 0 saturated carbocycles. The summed E-state index contributed by atoms with van der Waals surface area (Å²) in [5, 5.41) is 8.64. The first kappa shape index (κ1) is 8.39. The Morgan fingerprint density at radius 1 is 1.82 bits per heavy atom. The van der Waals surface area contributed by atoms with E-state index in [-0.39, 0.29) is 12.4 Å². The second-order valence-corrected chi connectivity index (χ2v) is 2.17. The SMILES string of the molecule is CO[C@@H]1C=CC(=O)[C@H](CO)O1. The van der Waals surface area contributed by atoms with E-state index in [9.17, 15) is 4.79 Å². The summed E-state index contributed by atoms with van der Waals surface area (Å²) in [6.45, 7) is -0.303. The second kappa shape index (κ2) is 3.61. The highest BCUT2D eigenvalue weighted by Crippen LogP contribution is 2.08. The lowest BCUT2D eigenvalue weighted by atomic mass is 10.2. The van der Waals surface area contributed by atoms with Gasteiger partial charge in [0.1, 0.15) is 6.10 Å². The molecular weight excluding hydrogens is 148 g/mol. The van der Waals surface area contributed by atoms with E-state index in [4.69, 9.17) is 14.6 Å². The number of carbonyl (C=O) groups is 1. The number of hydrogen-bond acceptors (Lipinski definition) is 4. The fourth-order valence-corrected chi connectivity index (χ4v) is 0.822. The predicted octanol–water partition coefficient (Wildman–Crippen LogP) is -0.525. The molecule has 62 valence electrons. The van der Waals surface area contributed by atoms with Gasteiger partial charge in [-0.25, -0.2) is 0 Å². The number of aliphatic hydroxyl groups is 1. The first-order valence-electron chi connectivity index (χ1n) is 3.29. The van der Waals surface area contributed by atoms with E-state index in [1.807, 2.05) is 0 Å². The van der Waals surface area contributed by atoms with Crippen LogP contribution in [0.25, 0.3) is 0 Å². The Morgan fingerprint density at radius 3 is 3.09 bits per heavy atom. The Labute approximate surface area is 64.4 Å². The van der Waals surface area contributed by atoms with Gasteiger partial charge < -0.3 is 14.6 Å². The number of rotatable bonds is 2. The summed E-state index contributed by atoms with van der Waals surface area (Å²) in [5.74, 6) is -0.221. The van der Waals surface area contributed by atoms with Crippen molar-refractivity contribution in [2.75, 3.05) is 13.7 Å². The monoisotopic (exact) mass is 158 g/mol. The second-order valence-electron chi connectivity index (χ2n) is 2.17. The maximum atomic E-state index is 10.9. The van der Waals surface area contributed by atoms with E-state index in [1.165, 1.54) is 19.3 Å². The van der Waals surface area contributed by atoms with Gasteiger partial charge in [-0.1, -0.05) is 0 Å². The van der Waals surface area contributed by atoms with E-state index in [2.05, 4.69) is 0 Å². The van der Waals surface area contributed by atoms with E-state index >= 15 is 0 Å². The average Bonchev–Trinajstić information content (AvgIpc) is 2.05. The molecule has 1 N–H and O–H groups in total. The first-order chi connectivity index (χ1) is 5.27. The molecular formula is C7H10O4. The molecule has 1 heterocycles. The highest BCUT2D eigenvalue weighted by molar-refractivity contribution is 5.94. The molecule has 0 unspecified atom stereocenters. The van der Waals surface area contributed by atoms with Crippen molar-refractivity contribution in [3.05, 3.63) is 12.2 Å². The molecule has 0 aromatic rings. The van der Waals surface area contributed by atoms with Crippen molar-refractivity contribution in [2.24, 2.45) is 0 Å². The molecule has 0 spiro atoms. The molecule has 2 atom stereocenters. The normalized spacial score (nSPS) is 30.9. The summed E-state index contributed by atoms with van der Waals surface area (Å²) >= 11 is 0. The Hall–Kier alpha value is -0.710. The first-order valence-corrected chi connectivity index (χ1v) is 3.29. The van der Waals surface area contributed by atoms with Crippen molar-refractivity contribution >= 4 is 5.78 Å². The minimum Gasteiger partial charge on any atom is -0.393 e. The molecule has 0 radical (unpaired) electrons. The van der Waals surface area contributed by atoms with Gasteiger partial charge in [0.25, 0.3) is 0 Å². The maximum Gasteiger partial charge on any atom is 0.186 e. The molecule has 0 saturated heterocycles. The molecule has 0 aromatic heterocycles. The van der Waals surface area contributed by atoms with Crippen LogP contribution < -0.4 is 0 Å². The summed E-state index contributed by atoms with van der Waals surface area (Å²) in [6, 6.07) is 0. The van der Waals surface area contributed by atoms with Crippen molar-refractivity contribution < 1.29 is 19.4 Å². The van der Waals surface area contributed by atoms with Crippen LogP contribution in [-0.4, -0.2) is 37.0 Å². The summed E-state index contributed by atoms with van der Waals surface area (Å²) < 4.78 is 9.79. The van der Waals surface area contributed by atoms with Gasteiger partial charge in [0.15, 0.2) is 12.1 Å². The van der Waals surface area contributed by atoms with Crippen LogP contribution in [0.1, 0.15) is 0 Å². The number of carbonyl (C=O) groups excluding carboxylic acids is 1. The van der Waals surface area contributed by atoms with Crippen LogP contribution in [0, 0.1) is 0 Å². The number of aliphatic hydroxyl groups excluding tert-OH is 1. The third-order valence-electron chi connectivity index (χ3n) is 1.43. The zero-order chi connectivity index (χ0) is 8.27. The number of methoxy groups -OCH3 is 1. The van der Waals surface area contributed by atoms with Crippen LogP contribution in [0.2, 0.25) is 0 Å². The highest BCUT2D eigenvalue weighted by atomic mass is 16.7. The standard InChI is InChI=1S/C7H10O4/c1-10-7-3-2-5(9)6(4-8)11-7/h2-3,6-8H,4H2,1H3/t6-,7-/m0/s1. The Kier molecular flexibility index (Phi) is 2.76. The highest BCUT2D eigenvalue weighted by Gasteiger charge is 2.23. The average molecular weight is 158 g/mol. The van der Waals surface area contributed by atoms with E-state index in [1.54, 1.807) is 0 Å². The molecule has 0 bridgehead atoms. The quantitative estimate of drug-likeness (QED) is 0.587. The zero-order valence-corrected chi connectivity index (χ0v) is 6.19.